The molecule has 0 saturated carbocycles. The van der Waals surface area contributed by atoms with Gasteiger partial charge in [0.1, 0.15) is 0 Å². The summed E-state index contributed by atoms with van der Waals surface area (Å²) in [6.45, 7) is 4.34. The van der Waals surface area contributed by atoms with Gasteiger partial charge in [0.05, 0.1) is 5.41 Å². The van der Waals surface area contributed by atoms with Gasteiger partial charge >= 0.3 is 5.97 Å². The molecule has 0 aromatic rings. The number of aliphatic carboxylic acids is 1. The summed E-state index contributed by atoms with van der Waals surface area (Å²) in [5.74, 6) is -0.845. The first-order valence-corrected chi connectivity index (χ1v) is 9.27. The van der Waals surface area contributed by atoms with E-state index in [0.717, 1.165) is 25.9 Å². The van der Waals surface area contributed by atoms with E-state index in [4.69, 9.17) is 0 Å². The van der Waals surface area contributed by atoms with E-state index in [1.165, 1.54) is 12.8 Å². The molecule has 2 amide bonds. The molecule has 2 aliphatic heterocycles. The minimum atomic E-state index is -0.817. The first-order chi connectivity index (χ1) is 11.5. The predicted molar refractivity (Wildman–Crippen MR) is 90.5 cm³/mol. The summed E-state index contributed by atoms with van der Waals surface area (Å²) < 4.78 is 0. The maximum atomic E-state index is 12.4. The fourth-order valence-electron chi connectivity index (χ4n) is 3.81. The highest BCUT2D eigenvalue weighted by atomic mass is 16.4. The first-order valence-electron chi connectivity index (χ1n) is 9.27. The van der Waals surface area contributed by atoms with Gasteiger partial charge in [0, 0.05) is 39.0 Å². The van der Waals surface area contributed by atoms with E-state index in [1.54, 1.807) is 4.90 Å². The van der Waals surface area contributed by atoms with E-state index in [2.05, 4.69) is 0 Å². The Morgan fingerprint density at radius 3 is 1.96 bits per heavy atom. The highest BCUT2D eigenvalue weighted by Gasteiger charge is 2.42. The molecule has 0 spiro atoms. The first kappa shape index (κ1) is 18.7. The Balaban J connectivity index is 1.85. The van der Waals surface area contributed by atoms with Gasteiger partial charge in [-0.05, 0) is 32.1 Å². The van der Waals surface area contributed by atoms with Gasteiger partial charge < -0.3 is 14.9 Å². The largest absolute Gasteiger partial charge is 0.481 e. The molecule has 2 saturated heterocycles. The van der Waals surface area contributed by atoms with Crippen LogP contribution in [0.25, 0.3) is 0 Å². The van der Waals surface area contributed by atoms with Crippen LogP contribution in [0.5, 0.6) is 0 Å². The van der Waals surface area contributed by atoms with E-state index in [1.807, 2.05) is 11.8 Å². The molecule has 6 heteroatoms. The van der Waals surface area contributed by atoms with Crippen LogP contribution in [-0.4, -0.2) is 58.9 Å². The van der Waals surface area contributed by atoms with Crippen LogP contribution in [0.1, 0.15) is 64.7 Å². The summed E-state index contributed by atoms with van der Waals surface area (Å²) in [6.07, 6.45) is 6.72. The summed E-state index contributed by atoms with van der Waals surface area (Å²) in [7, 11) is 0. The highest BCUT2D eigenvalue weighted by Crippen LogP contribution is 2.34. The molecule has 2 aliphatic rings. The van der Waals surface area contributed by atoms with Crippen molar-refractivity contribution >= 4 is 17.8 Å². The van der Waals surface area contributed by atoms with Gasteiger partial charge in [-0.3, -0.25) is 14.4 Å². The standard InChI is InChI=1S/C18H30N2O4/c1-2-18(17(23)24)10-7-13-20(14-18)16(22)9-8-15(21)19-11-5-3-4-6-12-19/h2-14H2,1H3,(H,23,24)/t18-/m1/s1. The zero-order valence-electron chi connectivity index (χ0n) is 14.8. The lowest BCUT2D eigenvalue weighted by Gasteiger charge is -2.39. The van der Waals surface area contributed by atoms with Gasteiger partial charge in [0.2, 0.25) is 11.8 Å². The van der Waals surface area contributed by atoms with Crippen LogP contribution in [0.15, 0.2) is 0 Å². The molecule has 0 radical (unpaired) electrons. The molecule has 2 fully saturated rings. The molecule has 0 aliphatic carbocycles. The molecular weight excluding hydrogens is 308 g/mol. The van der Waals surface area contributed by atoms with Crippen LogP contribution >= 0.6 is 0 Å². The number of nitrogens with zero attached hydrogens (tertiary/aromatic N) is 2. The number of carbonyl (C=O) groups excluding carboxylic acids is 2. The molecule has 136 valence electrons. The maximum Gasteiger partial charge on any atom is 0.311 e. The Hall–Kier alpha value is -1.59. The third-order valence-corrected chi connectivity index (χ3v) is 5.57. The average Bonchev–Trinajstić information content (AvgIpc) is 2.88. The Morgan fingerprint density at radius 2 is 1.42 bits per heavy atom. The molecule has 1 N–H and O–H groups in total. The van der Waals surface area contributed by atoms with Crippen LogP contribution in [0.2, 0.25) is 0 Å². The van der Waals surface area contributed by atoms with Gasteiger partial charge in [0.25, 0.3) is 0 Å². The summed E-state index contributed by atoms with van der Waals surface area (Å²) in [5, 5.41) is 9.50. The summed E-state index contributed by atoms with van der Waals surface area (Å²) >= 11 is 0. The molecule has 0 unspecified atom stereocenters. The summed E-state index contributed by atoms with van der Waals surface area (Å²) in [5.41, 5.74) is -0.817. The molecule has 1 atom stereocenters. The van der Waals surface area contributed by atoms with Gasteiger partial charge in [-0.25, -0.2) is 0 Å². The van der Waals surface area contributed by atoms with Crippen LogP contribution in [0.4, 0.5) is 0 Å². The number of hydrogen-bond donors (Lipinski definition) is 1. The van der Waals surface area contributed by atoms with Crippen molar-refractivity contribution in [3.05, 3.63) is 0 Å². The van der Waals surface area contributed by atoms with Crippen molar-refractivity contribution in [2.75, 3.05) is 26.2 Å². The number of amides is 2. The van der Waals surface area contributed by atoms with Crippen LogP contribution in [0.3, 0.4) is 0 Å². The van der Waals surface area contributed by atoms with Crippen molar-refractivity contribution in [2.45, 2.75) is 64.7 Å². The van der Waals surface area contributed by atoms with E-state index >= 15 is 0 Å². The second-order valence-electron chi connectivity index (χ2n) is 7.15. The second-order valence-corrected chi connectivity index (χ2v) is 7.15. The van der Waals surface area contributed by atoms with Gasteiger partial charge in [0.15, 0.2) is 0 Å². The Labute approximate surface area is 144 Å². The lowest BCUT2D eigenvalue weighted by molar-refractivity contribution is -0.155. The second kappa shape index (κ2) is 8.49. The molecular formula is C18H30N2O4. The number of likely N-dealkylation sites (tertiary alicyclic amines) is 2. The number of carboxylic acid groups (broad SMARTS) is 1. The maximum absolute atomic E-state index is 12.4. The Bertz CT molecular complexity index is 472. The highest BCUT2D eigenvalue weighted by molar-refractivity contribution is 5.84. The normalized spacial score (nSPS) is 25.2. The molecule has 0 bridgehead atoms. The minimum absolute atomic E-state index is 0.0576. The zero-order valence-corrected chi connectivity index (χ0v) is 14.8. The third kappa shape index (κ3) is 4.48. The van der Waals surface area contributed by atoms with Crippen molar-refractivity contribution in [1.82, 2.24) is 9.80 Å². The quantitative estimate of drug-likeness (QED) is 0.834. The Kier molecular flexibility index (Phi) is 6.63. The summed E-state index contributed by atoms with van der Waals surface area (Å²) in [4.78, 5) is 39.8. The number of rotatable bonds is 5. The fraction of sp³-hybridized carbons (Fsp3) is 0.833. The van der Waals surface area contributed by atoms with Gasteiger partial charge in [-0.15, -0.1) is 0 Å². The van der Waals surface area contributed by atoms with Crippen molar-refractivity contribution in [1.29, 1.82) is 0 Å². The topological polar surface area (TPSA) is 77.9 Å². The monoisotopic (exact) mass is 338 g/mol. The van der Waals surface area contributed by atoms with Gasteiger partial charge in [-0.2, -0.15) is 0 Å². The average molecular weight is 338 g/mol. The minimum Gasteiger partial charge on any atom is -0.481 e. The number of carbonyl (C=O) groups is 3. The molecule has 6 nitrogen and oxygen atoms in total. The molecule has 2 heterocycles. The molecule has 0 aromatic heterocycles. The lowest BCUT2D eigenvalue weighted by atomic mass is 9.77. The lowest BCUT2D eigenvalue weighted by Crippen LogP contribution is -2.49. The zero-order chi connectivity index (χ0) is 17.6. The number of hydrogen-bond acceptors (Lipinski definition) is 3. The summed E-state index contributed by atoms with van der Waals surface area (Å²) in [6, 6.07) is 0. The SMILES string of the molecule is CC[C@@]1(C(=O)O)CCCN(C(=O)CCC(=O)N2CCCCCC2)C1. The van der Waals surface area contributed by atoms with Crippen molar-refractivity contribution in [2.24, 2.45) is 5.41 Å². The smallest absolute Gasteiger partial charge is 0.311 e. The number of piperidine rings is 1. The Morgan fingerprint density at radius 1 is 0.875 bits per heavy atom. The van der Waals surface area contributed by atoms with E-state index in [9.17, 15) is 19.5 Å². The van der Waals surface area contributed by atoms with Crippen molar-refractivity contribution in [3.8, 4) is 0 Å². The third-order valence-electron chi connectivity index (χ3n) is 5.57. The fourth-order valence-corrected chi connectivity index (χ4v) is 3.81. The molecule has 0 aromatic carbocycles. The molecule has 2 rings (SSSR count). The van der Waals surface area contributed by atoms with Crippen molar-refractivity contribution in [3.63, 3.8) is 0 Å². The predicted octanol–water partition coefficient (Wildman–Crippen LogP) is 2.27. The van der Waals surface area contributed by atoms with Crippen LogP contribution < -0.4 is 0 Å². The van der Waals surface area contributed by atoms with E-state index in [0.29, 0.717) is 25.8 Å². The van der Waals surface area contributed by atoms with Gasteiger partial charge in [-0.1, -0.05) is 19.8 Å². The molecule has 24 heavy (non-hydrogen) atoms. The van der Waals surface area contributed by atoms with E-state index < -0.39 is 11.4 Å². The van der Waals surface area contributed by atoms with Crippen molar-refractivity contribution < 1.29 is 19.5 Å². The van der Waals surface area contributed by atoms with Crippen LogP contribution in [0, 0.1) is 5.41 Å². The number of carboxylic acids is 1. The van der Waals surface area contributed by atoms with E-state index in [-0.39, 0.29) is 31.2 Å². The van der Waals surface area contributed by atoms with Crippen LogP contribution in [-0.2, 0) is 14.4 Å².